The minimum Gasteiger partial charge on any atom is -0.351 e. The van der Waals surface area contributed by atoms with Crippen molar-refractivity contribution in [1.82, 2.24) is 14.9 Å². The molecule has 5 aromatic rings. The highest BCUT2D eigenvalue weighted by Crippen LogP contribution is 2.38. The van der Waals surface area contributed by atoms with Crippen molar-refractivity contribution in [2.24, 2.45) is 0 Å². The number of thioether (sulfide) groups is 1. The number of carbonyl (C=O) groups is 1. The number of nitro groups is 1. The van der Waals surface area contributed by atoms with Gasteiger partial charge in [0.15, 0.2) is 5.16 Å². The summed E-state index contributed by atoms with van der Waals surface area (Å²) in [5, 5.41) is 14.6. The summed E-state index contributed by atoms with van der Waals surface area (Å²) in [7, 11) is 0. The summed E-state index contributed by atoms with van der Waals surface area (Å²) in [5.41, 5.74) is 5.30. The van der Waals surface area contributed by atoms with Crippen molar-refractivity contribution in [2.45, 2.75) is 5.16 Å². The fraction of sp³-hybridized carbons (Fsp3) is 0.0667. The maximum absolute atomic E-state index is 12.5. The predicted octanol–water partition coefficient (Wildman–Crippen LogP) is 6.64. The second-order valence-electron chi connectivity index (χ2n) is 8.40. The van der Waals surface area contributed by atoms with Gasteiger partial charge in [-0.15, -0.1) is 0 Å². The molecule has 38 heavy (non-hydrogen) atoms. The molecular formula is C30H24N4O3S. The molecule has 4 aromatic carbocycles. The van der Waals surface area contributed by atoms with E-state index in [0.717, 1.165) is 33.4 Å². The van der Waals surface area contributed by atoms with Crippen LogP contribution >= 0.6 is 11.8 Å². The Labute approximate surface area is 224 Å². The van der Waals surface area contributed by atoms with Crippen LogP contribution in [0.5, 0.6) is 0 Å². The summed E-state index contributed by atoms with van der Waals surface area (Å²) in [6.07, 6.45) is 0. The zero-order valence-electron chi connectivity index (χ0n) is 20.4. The van der Waals surface area contributed by atoms with Crippen LogP contribution in [0.2, 0.25) is 0 Å². The average Bonchev–Trinajstić information content (AvgIpc) is 3.36. The molecule has 0 unspecified atom stereocenters. The van der Waals surface area contributed by atoms with E-state index in [2.05, 4.69) is 46.3 Å². The number of benzene rings is 4. The highest BCUT2D eigenvalue weighted by molar-refractivity contribution is 7.99. The Hall–Kier alpha value is -4.69. The lowest BCUT2D eigenvalue weighted by molar-refractivity contribution is -0.384. The van der Waals surface area contributed by atoms with Crippen molar-refractivity contribution in [1.29, 1.82) is 0 Å². The lowest BCUT2D eigenvalue weighted by Gasteiger charge is -2.13. The number of nitrogens with zero attached hydrogens (tertiary/aromatic N) is 3. The van der Waals surface area contributed by atoms with Crippen LogP contribution in [0.15, 0.2) is 120 Å². The molecule has 0 atom stereocenters. The summed E-state index contributed by atoms with van der Waals surface area (Å²) in [6, 6.07) is 36.0. The Balaban J connectivity index is 1.43. The third-order valence-corrected chi connectivity index (χ3v) is 6.85. The van der Waals surface area contributed by atoms with Gasteiger partial charge < -0.3 is 5.32 Å². The zero-order chi connectivity index (χ0) is 26.3. The molecular weight excluding hydrogens is 496 g/mol. The van der Waals surface area contributed by atoms with Crippen LogP contribution in [-0.2, 0) is 0 Å². The molecule has 1 aromatic heterocycles. The van der Waals surface area contributed by atoms with Crippen LogP contribution in [0.1, 0.15) is 10.4 Å². The smallest absolute Gasteiger partial charge is 0.269 e. The van der Waals surface area contributed by atoms with Gasteiger partial charge in [-0.2, -0.15) is 0 Å². The maximum atomic E-state index is 12.5. The van der Waals surface area contributed by atoms with Gasteiger partial charge in [0.05, 0.1) is 16.3 Å². The molecule has 0 aliphatic rings. The van der Waals surface area contributed by atoms with Gasteiger partial charge in [-0.1, -0.05) is 90.6 Å². The van der Waals surface area contributed by atoms with Crippen molar-refractivity contribution in [3.8, 4) is 28.2 Å². The first-order chi connectivity index (χ1) is 18.6. The van der Waals surface area contributed by atoms with Crippen molar-refractivity contribution >= 4 is 23.4 Å². The molecule has 188 valence electrons. The van der Waals surface area contributed by atoms with Crippen LogP contribution in [0.25, 0.3) is 28.2 Å². The van der Waals surface area contributed by atoms with Gasteiger partial charge in [0.1, 0.15) is 0 Å². The zero-order valence-corrected chi connectivity index (χ0v) is 21.2. The lowest BCUT2D eigenvalue weighted by atomic mass is 10.0. The molecule has 0 spiro atoms. The Morgan fingerprint density at radius 3 is 2.00 bits per heavy atom. The first kappa shape index (κ1) is 25.0. The number of hydrogen-bond acceptors (Lipinski definition) is 5. The predicted molar refractivity (Wildman–Crippen MR) is 151 cm³/mol. The van der Waals surface area contributed by atoms with Gasteiger partial charge in [0.2, 0.25) is 0 Å². The van der Waals surface area contributed by atoms with Crippen LogP contribution in [-0.4, -0.2) is 32.7 Å². The number of imidazole rings is 1. The van der Waals surface area contributed by atoms with E-state index in [1.807, 2.05) is 54.6 Å². The van der Waals surface area contributed by atoms with E-state index >= 15 is 0 Å². The van der Waals surface area contributed by atoms with E-state index in [9.17, 15) is 14.9 Å². The van der Waals surface area contributed by atoms with Gasteiger partial charge in [-0.3, -0.25) is 19.5 Å². The van der Waals surface area contributed by atoms with Crippen molar-refractivity contribution in [3.63, 3.8) is 0 Å². The quantitative estimate of drug-likeness (QED) is 0.102. The first-order valence-electron chi connectivity index (χ1n) is 12.1. The van der Waals surface area contributed by atoms with Crippen LogP contribution in [0.4, 0.5) is 5.69 Å². The SMILES string of the molecule is O=C(NCCSc1nc(-c2ccccc2)c(-c2ccccc2)n1-c1ccccc1)c1ccc([N+](=O)[O-])cc1. The maximum Gasteiger partial charge on any atom is 0.269 e. The van der Waals surface area contributed by atoms with Gasteiger partial charge in [-0.25, -0.2) is 4.98 Å². The molecule has 7 nitrogen and oxygen atoms in total. The molecule has 0 fully saturated rings. The van der Waals surface area contributed by atoms with Crippen molar-refractivity contribution in [2.75, 3.05) is 12.3 Å². The number of aromatic nitrogens is 2. The molecule has 8 heteroatoms. The summed E-state index contributed by atoms with van der Waals surface area (Å²) in [4.78, 5) is 28.0. The normalized spacial score (nSPS) is 10.7. The van der Waals surface area contributed by atoms with Crippen LogP contribution < -0.4 is 5.32 Å². The lowest BCUT2D eigenvalue weighted by Crippen LogP contribution is -2.25. The molecule has 0 saturated heterocycles. The van der Waals surface area contributed by atoms with E-state index < -0.39 is 4.92 Å². The van der Waals surface area contributed by atoms with E-state index in [-0.39, 0.29) is 11.6 Å². The number of non-ortho nitro benzene ring substituents is 1. The summed E-state index contributed by atoms with van der Waals surface area (Å²) in [5.74, 6) is 0.312. The molecule has 5 rings (SSSR count). The Bertz CT molecular complexity index is 1540. The topological polar surface area (TPSA) is 90.1 Å². The van der Waals surface area contributed by atoms with Gasteiger partial charge in [0, 0.05) is 46.8 Å². The summed E-state index contributed by atoms with van der Waals surface area (Å²) < 4.78 is 2.17. The number of hydrogen-bond donors (Lipinski definition) is 1. The van der Waals surface area contributed by atoms with E-state index in [1.165, 1.54) is 24.3 Å². The average molecular weight is 521 g/mol. The fourth-order valence-electron chi connectivity index (χ4n) is 4.12. The molecule has 0 radical (unpaired) electrons. The molecule has 0 aliphatic heterocycles. The number of para-hydroxylation sites is 1. The second kappa shape index (κ2) is 11.6. The minimum atomic E-state index is -0.486. The Morgan fingerprint density at radius 1 is 0.816 bits per heavy atom. The van der Waals surface area contributed by atoms with Gasteiger partial charge >= 0.3 is 0 Å². The standard InChI is InChI=1S/C30H24N4O3S/c35-29(24-16-18-26(19-17-24)34(36)37)31-20-21-38-30-32-27(22-10-4-1-5-11-22)28(23-12-6-2-7-13-23)33(30)25-14-8-3-9-15-25/h1-19H,20-21H2,(H,31,35). The van der Waals surface area contributed by atoms with Crippen molar-refractivity contribution < 1.29 is 9.72 Å². The highest BCUT2D eigenvalue weighted by Gasteiger charge is 2.21. The minimum absolute atomic E-state index is 0.0479. The van der Waals surface area contributed by atoms with Gasteiger partial charge in [-0.05, 0) is 24.3 Å². The third kappa shape index (κ3) is 5.50. The molecule has 1 N–H and O–H groups in total. The molecule has 0 aliphatic carbocycles. The first-order valence-corrected chi connectivity index (χ1v) is 13.0. The second-order valence-corrected chi connectivity index (χ2v) is 9.47. The van der Waals surface area contributed by atoms with E-state index in [1.54, 1.807) is 11.8 Å². The number of nitrogens with one attached hydrogen (secondary N) is 1. The van der Waals surface area contributed by atoms with Gasteiger partial charge in [0.25, 0.3) is 11.6 Å². The summed E-state index contributed by atoms with van der Waals surface area (Å²) >= 11 is 1.56. The van der Waals surface area contributed by atoms with E-state index in [4.69, 9.17) is 4.98 Å². The van der Waals surface area contributed by atoms with E-state index in [0.29, 0.717) is 17.9 Å². The molecule has 0 saturated carbocycles. The fourth-order valence-corrected chi connectivity index (χ4v) is 4.98. The van der Waals surface area contributed by atoms with Crippen LogP contribution in [0, 0.1) is 10.1 Å². The van der Waals surface area contributed by atoms with Crippen LogP contribution in [0.3, 0.4) is 0 Å². The van der Waals surface area contributed by atoms with Crippen molar-refractivity contribution in [3.05, 3.63) is 131 Å². The number of nitro benzene ring substituents is 1. The Kier molecular flexibility index (Phi) is 7.61. The number of carbonyl (C=O) groups excluding carboxylic acids is 1. The largest absolute Gasteiger partial charge is 0.351 e. The molecule has 0 bridgehead atoms. The monoisotopic (exact) mass is 520 g/mol. The summed E-state index contributed by atoms with van der Waals surface area (Å²) in [6.45, 7) is 0.406. The Morgan fingerprint density at radius 2 is 1.39 bits per heavy atom. The number of rotatable bonds is 9. The number of amides is 1. The highest BCUT2D eigenvalue weighted by atomic mass is 32.2. The molecule has 1 amide bonds. The molecule has 1 heterocycles. The third-order valence-electron chi connectivity index (χ3n) is 5.91.